The number of H-pyrrole nitrogens is 1. The van der Waals surface area contributed by atoms with Crippen LogP contribution in [0.1, 0.15) is 44.9 Å². The van der Waals surface area contributed by atoms with Gasteiger partial charge < -0.3 is 14.5 Å². The molecule has 0 unspecified atom stereocenters. The molecule has 4 heteroatoms. The molecule has 4 nitrogen and oxygen atoms in total. The Kier molecular flexibility index (Phi) is 3.32. The molecular weight excluding hydrogens is 240 g/mol. The van der Waals surface area contributed by atoms with E-state index < -0.39 is 0 Å². The third-order valence-corrected chi connectivity index (χ3v) is 3.74. The molecule has 2 aromatic rings. The summed E-state index contributed by atoms with van der Waals surface area (Å²) in [6.45, 7) is 5.82. The van der Waals surface area contributed by atoms with Gasteiger partial charge in [-0.3, -0.25) is 0 Å². The highest BCUT2D eigenvalue weighted by molar-refractivity contribution is 5.80. The minimum absolute atomic E-state index is 0.494. The molecule has 0 fully saturated rings. The van der Waals surface area contributed by atoms with Gasteiger partial charge in [0.25, 0.3) is 0 Å². The van der Waals surface area contributed by atoms with Crippen LogP contribution < -0.4 is 9.47 Å². The van der Waals surface area contributed by atoms with Gasteiger partial charge in [-0.05, 0) is 12.8 Å². The van der Waals surface area contributed by atoms with Gasteiger partial charge in [0.15, 0.2) is 11.5 Å². The summed E-state index contributed by atoms with van der Waals surface area (Å²) >= 11 is 0. The van der Waals surface area contributed by atoms with Crippen LogP contribution in [0.2, 0.25) is 0 Å². The lowest BCUT2D eigenvalue weighted by Crippen LogP contribution is -1.98. The van der Waals surface area contributed by atoms with Crippen LogP contribution in [0.15, 0.2) is 12.1 Å². The lowest BCUT2D eigenvalue weighted by molar-refractivity contribution is 0.297. The van der Waals surface area contributed by atoms with Crippen LogP contribution >= 0.6 is 0 Å². The Bertz CT molecular complexity index is 530. The van der Waals surface area contributed by atoms with Gasteiger partial charge in [-0.2, -0.15) is 0 Å². The first-order valence-corrected chi connectivity index (χ1v) is 7.11. The molecular formula is C15H20N2O2. The fourth-order valence-corrected chi connectivity index (χ4v) is 2.56. The maximum absolute atomic E-state index is 5.71. The van der Waals surface area contributed by atoms with Crippen LogP contribution in [0, 0.1) is 0 Å². The summed E-state index contributed by atoms with van der Waals surface area (Å²) in [5.41, 5.74) is 2.00. The summed E-state index contributed by atoms with van der Waals surface area (Å²) in [5, 5.41) is 0. The van der Waals surface area contributed by atoms with E-state index in [0.29, 0.717) is 19.1 Å². The standard InChI is InChI=1S/C15H20N2O2/c1-3-10(4-2)15-16-11-8-13-14(9-12(11)17-15)19-7-5-6-18-13/h8-10H,3-7H2,1-2H3,(H,16,17). The van der Waals surface area contributed by atoms with E-state index in [1.165, 1.54) is 0 Å². The van der Waals surface area contributed by atoms with E-state index in [2.05, 4.69) is 18.8 Å². The zero-order chi connectivity index (χ0) is 13.2. The third-order valence-electron chi connectivity index (χ3n) is 3.74. The predicted molar refractivity (Wildman–Crippen MR) is 75.0 cm³/mol. The van der Waals surface area contributed by atoms with E-state index in [4.69, 9.17) is 14.5 Å². The second kappa shape index (κ2) is 5.11. The zero-order valence-electron chi connectivity index (χ0n) is 11.5. The number of aromatic nitrogens is 2. The molecule has 0 saturated carbocycles. The number of fused-ring (bicyclic) bond motifs is 2. The first kappa shape index (κ1) is 12.3. The van der Waals surface area contributed by atoms with Gasteiger partial charge in [-0.25, -0.2) is 4.98 Å². The Morgan fingerprint density at radius 3 is 2.53 bits per heavy atom. The van der Waals surface area contributed by atoms with Crippen molar-refractivity contribution < 1.29 is 9.47 Å². The third kappa shape index (κ3) is 2.27. The number of hydrogen-bond acceptors (Lipinski definition) is 3. The van der Waals surface area contributed by atoms with Crippen LogP contribution in [0.5, 0.6) is 11.5 Å². The van der Waals surface area contributed by atoms with Gasteiger partial charge in [-0.1, -0.05) is 13.8 Å². The summed E-state index contributed by atoms with van der Waals surface area (Å²) in [4.78, 5) is 8.12. The monoisotopic (exact) mass is 260 g/mol. The minimum Gasteiger partial charge on any atom is -0.489 e. The van der Waals surface area contributed by atoms with Crippen molar-refractivity contribution >= 4 is 11.0 Å². The van der Waals surface area contributed by atoms with E-state index in [-0.39, 0.29) is 0 Å². The van der Waals surface area contributed by atoms with Crippen molar-refractivity contribution in [2.75, 3.05) is 13.2 Å². The number of nitrogens with one attached hydrogen (secondary N) is 1. The lowest BCUT2D eigenvalue weighted by Gasteiger charge is -2.07. The Labute approximate surface area is 113 Å². The summed E-state index contributed by atoms with van der Waals surface area (Å²) < 4.78 is 11.4. The zero-order valence-corrected chi connectivity index (χ0v) is 11.5. The molecule has 2 heterocycles. The topological polar surface area (TPSA) is 47.1 Å². The maximum Gasteiger partial charge on any atom is 0.163 e. The molecule has 0 aliphatic carbocycles. The Morgan fingerprint density at radius 2 is 1.84 bits per heavy atom. The van der Waals surface area contributed by atoms with E-state index in [1.54, 1.807) is 0 Å². The molecule has 1 aromatic heterocycles. The highest BCUT2D eigenvalue weighted by atomic mass is 16.5. The molecule has 1 aliphatic rings. The molecule has 1 N–H and O–H groups in total. The molecule has 102 valence electrons. The largest absolute Gasteiger partial charge is 0.489 e. The SMILES string of the molecule is CCC(CC)c1nc2cc3c(cc2[nH]1)OCCCO3. The number of rotatable bonds is 3. The number of nitrogens with zero attached hydrogens (tertiary/aromatic N) is 1. The summed E-state index contributed by atoms with van der Waals surface area (Å²) in [6, 6.07) is 3.99. The van der Waals surface area contributed by atoms with Gasteiger partial charge >= 0.3 is 0 Å². The quantitative estimate of drug-likeness (QED) is 0.916. The molecule has 0 bridgehead atoms. The van der Waals surface area contributed by atoms with Crippen molar-refractivity contribution in [3.05, 3.63) is 18.0 Å². The molecule has 0 atom stereocenters. The van der Waals surface area contributed by atoms with Gasteiger partial charge in [0, 0.05) is 24.5 Å². The molecule has 0 amide bonds. The Morgan fingerprint density at radius 1 is 1.16 bits per heavy atom. The van der Waals surface area contributed by atoms with Crippen molar-refractivity contribution in [1.29, 1.82) is 0 Å². The molecule has 0 spiro atoms. The molecule has 3 rings (SSSR count). The fraction of sp³-hybridized carbons (Fsp3) is 0.533. The number of imidazole rings is 1. The second-order valence-corrected chi connectivity index (χ2v) is 5.00. The van der Waals surface area contributed by atoms with Crippen LogP contribution in [0.4, 0.5) is 0 Å². The molecule has 0 radical (unpaired) electrons. The summed E-state index contributed by atoms with van der Waals surface area (Å²) in [5.74, 6) is 3.20. The number of benzene rings is 1. The van der Waals surface area contributed by atoms with Crippen LogP contribution in [-0.2, 0) is 0 Å². The fourth-order valence-electron chi connectivity index (χ4n) is 2.56. The van der Waals surface area contributed by atoms with Crippen molar-refractivity contribution in [2.45, 2.75) is 39.0 Å². The van der Waals surface area contributed by atoms with Crippen molar-refractivity contribution in [2.24, 2.45) is 0 Å². The average Bonchev–Trinajstić information content (AvgIpc) is 2.67. The van der Waals surface area contributed by atoms with Crippen LogP contribution in [0.3, 0.4) is 0 Å². The smallest absolute Gasteiger partial charge is 0.163 e. The van der Waals surface area contributed by atoms with Crippen LogP contribution in [0.25, 0.3) is 11.0 Å². The van der Waals surface area contributed by atoms with E-state index in [0.717, 1.165) is 47.6 Å². The van der Waals surface area contributed by atoms with Gasteiger partial charge in [0.05, 0.1) is 24.2 Å². The first-order chi connectivity index (χ1) is 9.31. The molecule has 1 aromatic carbocycles. The van der Waals surface area contributed by atoms with Gasteiger partial charge in [0.1, 0.15) is 5.82 Å². The second-order valence-electron chi connectivity index (χ2n) is 5.00. The normalized spacial score (nSPS) is 14.9. The van der Waals surface area contributed by atoms with Gasteiger partial charge in [0.2, 0.25) is 0 Å². The first-order valence-electron chi connectivity index (χ1n) is 7.11. The molecule has 0 saturated heterocycles. The minimum atomic E-state index is 0.494. The summed E-state index contributed by atoms with van der Waals surface area (Å²) in [6.07, 6.45) is 3.13. The average molecular weight is 260 g/mol. The van der Waals surface area contributed by atoms with Crippen molar-refractivity contribution in [3.63, 3.8) is 0 Å². The van der Waals surface area contributed by atoms with E-state index in [1.807, 2.05) is 12.1 Å². The lowest BCUT2D eigenvalue weighted by atomic mass is 10.0. The highest BCUT2D eigenvalue weighted by Gasteiger charge is 2.16. The predicted octanol–water partition coefficient (Wildman–Crippen LogP) is 3.63. The number of aromatic amines is 1. The highest BCUT2D eigenvalue weighted by Crippen LogP contribution is 2.34. The van der Waals surface area contributed by atoms with E-state index >= 15 is 0 Å². The van der Waals surface area contributed by atoms with Crippen molar-refractivity contribution in [1.82, 2.24) is 9.97 Å². The maximum atomic E-state index is 5.71. The van der Waals surface area contributed by atoms with E-state index in [9.17, 15) is 0 Å². The Hall–Kier alpha value is -1.71. The van der Waals surface area contributed by atoms with Gasteiger partial charge in [-0.15, -0.1) is 0 Å². The number of ether oxygens (including phenoxy) is 2. The van der Waals surface area contributed by atoms with Crippen LogP contribution in [-0.4, -0.2) is 23.2 Å². The number of hydrogen-bond donors (Lipinski definition) is 1. The molecule has 19 heavy (non-hydrogen) atoms. The molecule has 1 aliphatic heterocycles. The van der Waals surface area contributed by atoms with Crippen molar-refractivity contribution in [3.8, 4) is 11.5 Å². The summed E-state index contributed by atoms with van der Waals surface area (Å²) in [7, 11) is 0. The Balaban J connectivity index is 2.03.